The van der Waals surface area contributed by atoms with Crippen molar-refractivity contribution in [1.29, 1.82) is 0 Å². The fraction of sp³-hybridized carbons (Fsp3) is 0.100. The van der Waals surface area contributed by atoms with E-state index in [4.69, 9.17) is 0 Å². The minimum absolute atomic E-state index is 0.212. The summed E-state index contributed by atoms with van der Waals surface area (Å²) < 4.78 is 14.5. The standard InChI is InChI=1S/C10H10FN3O/c1-12-8-6-13-14(10(8)15)9-5-3-2-4-7(9)11/h2-6,12-13H,1H3. The summed E-state index contributed by atoms with van der Waals surface area (Å²) in [5.74, 6) is -0.441. The summed E-state index contributed by atoms with van der Waals surface area (Å²) in [7, 11) is 1.64. The number of H-pyrrole nitrogens is 1. The van der Waals surface area contributed by atoms with Crippen molar-refractivity contribution in [3.05, 3.63) is 46.6 Å². The van der Waals surface area contributed by atoms with Gasteiger partial charge in [-0.1, -0.05) is 12.1 Å². The van der Waals surface area contributed by atoms with Crippen LogP contribution in [0.15, 0.2) is 35.3 Å². The largest absolute Gasteiger partial charge is 0.382 e. The Kier molecular flexibility index (Phi) is 2.29. The maximum atomic E-state index is 13.4. The van der Waals surface area contributed by atoms with E-state index < -0.39 is 5.82 Å². The number of aromatic nitrogens is 2. The summed E-state index contributed by atoms with van der Waals surface area (Å²) in [5.41, 5.74) is 0.310. The first-order valence-electron chi connectivity index (χ1n) is 4.47. The molecule has 0 aliphatic carbocycles. The number of hydrogen-bond donors (Lipinski definition) is 2. The molecule has 1 aromatic heterocycles. The third-order valence-electron chi connectivity index (χ3n) is 2.13. The third-order valence-corrected chi connectivity index (χ3v) is 2.13. The normalized spacial score (nSPS) is 10.3. The third kappa shape index (κ3) is 1.52. The summed E-state index contributed by atoms with van der Waals surface area (Å²) in [6.07, 6.45) is 1.49. The van der Waals surface area contributed by atoms with E-state index in [1.54, 1.807) is 19.2 Å². The number of halogens is 1. The van der Waals surface area contributed by atoms with Gasteiger partial charge in [0.15, 0.2) is 0 Å². The van der Waals surface area contributed by atoms with E-state index in [0.29, 0.717) is 5.69 Å². The summed E-state index contributed by atoms with van der Waals surface area (Å²) in [5, 5.41) is 5.40. The Morgan fingerprint density at radius 2 is 2.13 bits per heavy atom. The number of anilines is 1. The Balaban J connectivity index is 2.60. The highest BCUT2D eigenvalue weighted by Crippen LogP contribution is 2.10. The second kappa shape index (κ2) is 3.61. The van der Waals surface area contributed by atoms with Gasteiger partial charge in [0.1, 0.15) is 17.2 Å². The molecule has 4 nitrogen and oxygen atoms in total. The first-order chi connectivity index (χ1) is 7.24. The van der Waals surface area contributed by atoms with Crippen molar-refractivity contribution in [3.63, 3.8) is 0 Å². The molecule has 0 bridgehead atoms. The van der Waals surface area contributed by atoms with Crippen LogP contribution < -0.4 is 10.9 Å². The van der Waals surface area contributed by atoms with Crippen molar-refractivity contribution in [3.8, 4) is 5.69 Å². The molecule has 2 rings (SSSR count). The molecular weight excluding hydrogens is 197 g/mol. The summed E-state index contributed by atoms with van der Waals surface area (Å²) in [4.78, 5) is 11.7. The lowest BCUT2D eigenvalue weighted by molar-refractivity contribution is 0.608. The summed E-state index contributed by atoms with van der Waals surface area (Å²) in [6.45, 7) is 0. The van der Waals surface area contributed by atoms with E-state index in [-0.39, 0.29) is 11.2 Å². The van der Waals surface area contributed by atoms with Crippen molar-refractivity contribution in [2.75, 3.05) is 12.4 Å². The molecule has 0 fully saturated rings. The Morgan fingerprint density at radius 3 is 2.73 bits per heavy atom. The molecule has 0 saturated heterocycles. The van der Waals surface area contributed by atoms with Crippen LogP contribution in [-0.4, -0.2) is 16.8 Å². The quantitative estimate of drug-likeness (QED) is 0.780. The zero-order chi connectivity index (χ0) is 10.8. The molecule has 0 atom stereocenters. The smallest absolute Gasteiger partial charge is 0.294 e. The van der Waals surface area contributed by atoms with Gasteiger partial charge in [-0.25, -0.2) is 9.07 Å². The van der Waals surface area contributed by atoms with Crippen LogP contribution >= 0.6 is 0 Å². The van der Waals surface area contributed by atoms with Crippen molar-refractivity contribution in [1.82, 2.24) is 9.78 Å². The Hall–Kier alpha value is -2.04. The number of nitrogens with zero attached hydrogens (tertiary/aromatic N) is 1. The molecule has 2 aromatic rings. The van der Waals surface area contributed by atoms with Crippen LogP contribution in [0.2, 0.25) is 0 Å². The fourth-order valence-corrected chi connectivity index (χ4v) is 1.36. The molecule has 2 N–H and O–H groups in total. The Morgan fingerprint density at radius 1 is 1.40 bits per heavy atom. The van der Waals surface area contributed by atoms with Gasteiger partial charge in [-0.2, -0.15) is 0 Å². The number of rotatable bonds is 2. The molecule has 1 aromatic carbocycles. The van der Waals surface area contributed by atoms with Gasteiger partial charge < -0.3 is 5.32 Å². The van der Waals surface area contributed by atoms with Crippen molar-refractivity contribution >= 4 is 5.69 Å². The van der Waals surface area contributed by atoms with Gasteiger partial charge in [0.25, 0.3) is 5.56 Å². The lowest BCUT2D eigenvalue weighted by Crippen LogP contribution is -2.17. The van der Waals surface area contributed by atoms with Crippen molar-refractivity contribution < 1.29 is 4.39 Å². The predicted octanol–water partition coefficient (Wildman–Crippen LogP) is 1.35. The molecule has 0 saturated carbocycles. The van der Waals surface area contributed by atoms with Gasteiger partial charge in [-0.15, -0.1) is 0 Å². The second-order valence-corrected chi connectivity index (χ2v) is 3.03. The topological polar surface area (TPSA) is 49.8 Å². The van der Waals surface area contributed by atoms with Crippen LogP contribution in [0.5, 0.6) is 0 Å². The van der Waals surface area contributed by atoms with Crippen LogP contribution in [0, 0.1) is 5.82 Å². The average Bonchev–Trinajstić information content (AvgIpc) is 2.60. The fourth-order valence-electron chi connectivity index (χ4n) is 1.36. The molecular formula is C10H10FN3O. The van der Waals surface area contributed by atoms with Gasteiger partial charge in [0.2, 0.25) is 0 Å². The van der Waals surface area contributed by atoms with Gasteiger partial charge in [0, 0.05) is 13.2 Å². The van der Waals surface area contributed by atoms with Crippen LogP contribution in [0.3, 0.4) is 0 Å². The number of nitrogens with one attached hydrogen (secondary N) is 2. The molecule has 78 valence electrons. The monoisotopic (exact) mass is 207 g/mol. The van der Waals surface area contributed by atoms with E-state index in [0.717, 1.165) is 4.68 Å². The molecule has 15 heavy (non-hydrogen) atoms. The second-order valence-electron chi connectivity index (χ2n) is 3.03. The first kappa shape index (κ1) is 9.51. The molecule has 0 amide bonds. The number of para-hydroxylation sites is 1. The number of aromatic amines is 1. The van der Waals surface area contributed by atoms with Crippen molar-refractivity contribution in [2.45, 2.75) is 0 Å². The summed E-state index contributed by atoms with van der Waals surface area (Å²) in [6, 6.07) is 6.09. The SMILES string of the molecule is CNc1c[nH]n(-c2ccccc2F)c1=O. The zero-order valence-corrected chi connectivity index (χ0v) is 8.12. The predicted molar refractivity (Wildman–Crippen MR) is 55.9 cm³/mol. The molecule has 5 heteroatoms. The Bertz CT molecular complexity index is 529. The molecule has 0 radical (unpaired) electrons. The number of benzene rings is 1. The van der Waals surface area contributed by atoms with Gasteiger partial charge in [0.05, 0.1) is 0 Å². The lowest BCUT2D eigenvalue weighted by atomic mass is 10.3. The highest BCUT2D eigenvalue weighted by atomic mass is 19.1. The molecule has 0 spiro atoms. The van der Waals surface area contributed by atoms with Crippen molar-refractivity contribution in [2.24, 2.45) is 0 Å². The minimum atomic E-state index is -0.441. The van der Waals surface area contributed by atoms with E-state index in [1.165, 1.54) is 18.3 Å². The van der Waals surface area contributed by atoms with Crippen LogP contribution in [-0.2, 0) is 0 Å². The van der Waals surface area contributed by atoms with E-state index >= 15 is 0 Å². The first-order valence-corrected chi connectivity index (χ1v) is 4.47. The molecule has 1 heterocycles. The highest BCUT2D eigenvalue weighted by molar-refractivity contribution is 5.42. The van der Waals surface area contributed by atoms with E-state index in [9.17, 15) is 9.18 Å². The van der Waals surface area contributed by atoms with Gasteiger partial charge in [-0.3, -0.25) is 9.89 Å². The zero-order valence-electron chi connectivity index (χ0n) is 8.12. The molecule has 0 aliphatic heterocycles. The molecule has 0 unspecified atom stereocenters. The minimum Gasteiger partial charge on any atom is -0.382 e. The van der Waals surface area contributed by atoms with E-state index in [2.05, 4.69) is 10.4 Å². The lowest BCUT2D eigenvalue weighted by Gasteiger charge is -2.01. The number of hydrogen-bond acceptors (Lipinski definition) is 2. The van der Waals surface area contributed by atoms with Crippen LogP contribution in [0.4, 0.5) is 10.1 Å². The Labute approximate surface area is 85.3 Å². The van der Waals surface area contributed by atoms with Gasteiger partial charge >= 0.3 is 0 Å². The average molecular weight is 207 g/mol. The highest BCUT2D eigenvalue weighted by Gasteiger charge is 2.09. The van der Waals surface area contributed by atoms with Gasteiger partial charge in [-0.05, 0) is 12.1 Å². The van der Waals surface area contributed by atoms with E-state index in [1.807, 2.05) is 0 Å². The maximum Gasteiger partial charge on any atom is 0.294 e. The molecule has 0 aliphatic rings. The maximum absolute atomic E-state index is 13.4. The van der Waals surface area contributed by atoms with Crippen LogP contribution in [0.25, 0.3) is 5.69 Å². The summed E-state index contributed by atoms with van der Waals surface area (Å²) >= 11 is 0. The van der Waals surface area contributed by atoms with Crippen LogP contribution in [0.1, 0.15) is 0 Å².